The normalized spacial score (nSPS) is 14.9. The third-order valence-corrected chi connectivity index (χ3v) is 7.80. The summed E-state index contributed by atoms with van der Waals surface area (Å²) in [5, 5.41) is 0. The van der Waals surface area contributed by atoms with Crippen LogP contribution in [0.2, 0.25) is 0 Å². The summed E-state index contributed by atoms with van der Waals surface area (Å²) in [5.41, 5.74) is 8.37. The highest BCUT2D eigenvalue weighted by Crippen LogP contribution is 2.27. The first-order valence-corrected chi connectivity index (χ1v) is 14.8. The van der Waals surface area contributed by atoms with Gasteiger partial charge in [-0.25, -0.2) is 19.3 Å². The molecule has 3 heterocycles. The van der Waals surface area contributed by atoms with Gasteiger partial charge in [-0.15, -0.1) is 0 Å². The number of hydrogen-bond acceptors (Lipinski definition) is 8. The van der Waals surface area contributed by atoms with Gasteiger partial charge in [-0.3, -0.25) is 9.36 Å². The minimum atomic E-state index is -0.379. The third kappa shape index (κ3) is 6.49. The molecule has 0 bridgehead atoms. The molecule has 0 spiro atoms. The SMILES string of the molecule is CN(C/C=C/C(=O)N(C)c1cccc(-n2c(=O)n(-c3ccc(Oc4ccccc4)cc3)c3c(N)ncnc32)c1)C[C@@H]1CCOC1. The second-order valence-electron chi connectivity index (χ2n) is 11.1. The van der Waals surface area contributed by atoms with E-state index in [-0.39, 0.29) is 17.4 Å². The summed E-state index contributed by atoms with van der Waals surface area (Å²) in [6.45, 7) is 3.20. The van der Waals surface area contributed by atoms with Crippen molar-refractivity contribution in [2.75, 3.05) is 51.0 Å². The van der Waals surface area contributed by atoms with Crippen LogP contribution in [-0.2, 0) is 9.53 Å². The molecule has 1 saturated heterocycles. The van der Waals surface area contributed by atoms with Crippen LogP contribution in [0.1, 0.15) is 6.42 Å². The van der Waals surface area contributed by atoms with Crippen molar-refractivity contribution in [2.45, 2.75) is 6.42 Å². The van der Waals surface area contributed by atoms with Crippen LogP contribution >= 0.6 is 0 Å². The molecule has 1 amide bonds. The standard InChI is InChI=1S/C34H35N7O4/c1-38(21-24-17-19-44-22-24)18-7-12-30(42)39(2)26-8-6-9-27(20-26)41-33-31(32(35)36-23-37-33)40(34(41)43)25-13-15-29(16-14-25)45-28-10-4-3-5-11-28/h3-16,20,23-24H,17-19,21-22H2,1-2H3,(H2,35,36,37)/b12-7+/t24-/m0/s1. The van der Waals surface area contributed by atoms with Crippen LogP contribution in [0.4, 0.5) is 11.5 Å². The molecule has 1 aliphatic heterocycles. The lowest BCUT2D eigenvalue weighted by atomic mass is 10.1. The molecule has 11 nitrogen and oxygen atoms in total. The van der Waals surface area contributed by atoms with E-state index in [0.29, 0.717) is 52.2 Å². The van der Waals surface area contributed by atoms with E-state index in [4.69, 9.17) is 15.2 Å². The van der Waals surface area contributed by atoms with Gasteiger partial charge in [0.25, 0.3) is 0 Å². The van der Waals surface area contributed by atoms with Crippen LogP contribution in [0.25, 0.3) is 22.5 Å². The number of likely N-dealkylation sites (N-methyl/N-ethyl adjacent to an activating group) is 2. The zero-order chi connectivity index (χ0) is 31.3. The monoisotopic (exact) mass is 605 g/mol. The van der Waals surface area contributed by atoms with Crippen LogP contribution in [0, 0.1) is 5.92 Å². The number of carbonyl (C=O) groups is 1. The lowest BCUT2D eigenvalue weighted by molar-refractivity contribution is -0.113. The Morgan fingerprint density at radius 1 is 1.00 bits per heavy atom. The zero-order valence-electron chi connectivity index (χ0n) is 25.2. The number of imidazole rings is 1. The maximum atomic E-state index is 14.0. The van der Waals surface area contributed by atoms with Crippen LogP contribution < -0.4 is 21.1 Å². The second-order valence-corrected chi connectivity index (χ2v) is 11.1. The van der Waals surface area contributed by atoms with Gasteiger partial charge in [-0.1, -0.05) is 30.3 Å². The Morgan fingerprint density at radius 2 is 1.78 bits per heavy atom. The Balaban J connectivity index is 1.26. The number of ether oxygens (including phenoxy) is 2. The fourth-order valence-electron chi connectivity index (χ4n) is 5.46. The van der Waals surface area contributed by atoms with Gasteiger partial charge in [-0.2, -0.15) is 0 Å². The summed E-state index contributed by atoms with van der Waals surface area (Å²) in [4.78, 5) is 39.4. The molecule has 0 unspecified atom stereocenters. The fourth-order valence-corrected chi connectivity index (χ4v) is 5.46. The summed E-state index contributed by atoms with van der Waals surface area (Å²) >= 11 is 0. The molecule has 0 saturated carbocycles. The highest BCUT2D eigenvalue weighted by atomic mass is 16.5. The third-order valence-electron chi connectivity index (χ3n) is 7.80. The molecule has 1 atom stereocenters. The van der Waals surface area contributed by atoms with Gasteiger partial charge in [0.15, 0.2) is 11.5 Å². The largest absolute Gasteiger partial charge is 0.457 e. The topological polar surface area (TPSA) is 121 Å². The molecular formula is C34H35N7O4. The summed E-state index contributed by atoms with van der Waals surface area (Å²) in [5.74, 6) is 1.85. The molecule has 3 aromatic carbocycles. The number of aromatic nitrogens is 4. The van der Waals surface area contributed by atoms with Crippen molar-refractivity contribution in [2.24, 2.45) is 5.92 Å². The molecule has 0 radical (unpaired) electrons. The lowest BCUT2D eigenvalue weighted by Crippen LogP contribution is -2.27. The predicted octanol–water partition coefficient (Wildman–Crippen LogP) is 4.43. The molecule has 45 heavy (non-hydrogen) atoms. The van der Waals surface area contributed by atoms with Gasteiger partial charge in [-0.05, 0) is 74.0 Å². The zero-order valence-corrected chi connectivity index (χ0v) is 25.2. The summed E-state index contributed by atoms with van der Waals surface area (Å²) in [6.07, 6.45) is 5.84. The van der Waals surface area contributed by atoms with Gasteiger partial charge in [0.1, 0.15) is 23.3 Å². The number of nitrogens with two attached hydrogens (primary N) is 1. The number of hydrogen-bond donors (Lipinski definition) is 1. The van der Waals surface area contributed by atoms with Crippen molar-refractivity contribution in [1.82, 2.24) is 24.0 Å². The van der Waals surface area contributed by atoms with E-state index >= 15 is 0 Å². The van der Waals surface area contributed by atoms with Crippen LogP contribution in [0.3, 0.4) is 0 Å². The van der Waals surface area contributed by atoms with Crippen molar-refractivity contribution in [3.8, 4) is 22.9 Å². The number of para-hydroxylation sites is 1. The Kier molecular flexibility index (Phi) is 8.72. The van der Waals surface area contributed by atoms with E-state index < -0.39 is 0 Å². The Bertz CT molecular complexity index is 1880. The molecule has 5 aromatic rings. The number of nitrogens with zero attached hydrogens (tertiary/aromatic N) is 6. The molecule has 11 heteroatoms. The van der Waals surface area contributed by atoms with Crippen molar-refractivity contribution < 1.29 is 14.3 Å². The first-order chi connectivity index (χ1) is 21.9. The number of fused-ring (bicyclic) bond motifs is 1. The molecule has 2 N–H and O–H groups in total. The predicted molar refractivity (Wildman–Crippen MR) is 174 cm³/mol. The van der Waals surface area contributed by atoms with Crippen molar-refractivity contribution >= 4 is 28.6 Å². The van der Waals surface area contributed by atoms with E-state index in [1.807, 2.05) is 49.5 Å². The number of amides is 1. The Hall–Kier alpha value is -5.26. The van der Waals surface area contributed by atoms with Gasteiger partial charge in [0.05, 0.1) is 18.0 Å². The Morgan fingerprint density at radius 3 is 2.53 bits per heavy atom. The van der Waals surface area contributed by atoms with Gasteiger partial charge >= 0.3 is 5.69 Å². The molecule has 1 fully saturated rings. The molecule has 230 valence electrons. The maximum Gasteiger partial charge on any atom is 0.339 e. The molecule has 6 rings (SSSR count). The minimum Gasteiger partial charge on any atom is -0.457 e. The van der Waals surface area contributed by atoms with Gasteiger partial charge < -0.3 is 25.0 Å². The van der Waals surface area contributed by atoms with Crippen LogP contribution in [-0.4, -0.2) is 70.3 Å². The number of anilines is 2. The Labute approximate surface area is 260 Å². The second kappa shape index (κ2) is 13.2. The highest BCUT2D eigenvalue weighted by molar-refractivity contribution is 6.01. The highest BCUT2D eigenvalue weighted by Gasteiger charge is 2.21. The van der Waals surface area contributed by atoms with E-state index in [2.05, 4.69) is 14.9 Å². The summed E-state index contributed by atoms with van der Waals surface area (Å²) in [7, 11) is 3.74. The van der Waals surface area contributed by atoms with E-state index in [9.17, 15) is 9.59 Å². The average molecular weight is 606 g/mol. The smallest absolute Gasteiger partial charge is 0.339 e. The van der Waals surface area contributed by atoms with Gasteiger partial charge in [0, 0.05) is 38.5 Å². The van der Waals surface area contributed by atoms with Gasteiger partial charge in [0.2, 0.25) is 5.91 Å². The van der Waals surface area contributed by atoms with E-state index in [1.165, 1.54) is 15.5 Å². The molecular weight excluding hydrogens is 570 g/mol. The number of nitrogen functional groups attached to an aromatic ring is 1. The molecule has 0 aliphatic carbocycles. The first-order valence-electron chi connectivity index (χ1n) is 14.8. The number of rotatable bonds is 10. The maximum absolute atomic E-state index is 14.0. The lowest BCUT2D eigenvalue weighted by Gasteiger charge is -2.19. The molecule has 1 aliphatic rings. The first kappa shape index (κ1) is 29.8. The van der Waals surface area contributed by atoms with Crippen molar-refractivity contribution in [1.29, 1.82) is 0 Å². The number of benzene rings is 3. The molecule has 2 aromatic heterocycles. The quantitative estimate of drug-likeness (QED) is 0.232. The summed E-state index contributed by atoms with van der Waals surface area (Å²) in [6, 6.07) is 23.8. The van der Waals surface area contributed by atoms with Crippen molar-refractivity contribution in [3.63, 3.8) is 0 Å². The average Bonchev–Trinajstić information content (AvgIpc) is 3.67. The summed E-state index contributed by atoms with van der Waals surface area (Å²) < 4.78 is 14.3. The minimum absolute atomic E-state index is 0.166. The van der Waals surface area contributed by atoms with Crippen LogP contribution in [0.5, 0.6) is 11.5 Å². The van der Waals surface area contributed by atoms with Crippen LogP contribution in [0.15, 0.2) is 102 Å². The van der Waals surface area contributed by atoms with E-state index in [1.54, 1.807) is 60.5 Å². The van der Waals surface area contributed by atoms with Crippen molar-refractivity contribution in [3.05, 3.63) is 108 Å². The number of carbonyl (C=O) groups excluding carboxylic acids is 1. The van der Waals surface area contributed by atoms with E-state index in [0.717, 1.165) is 26.2 Å². The fraction of sp³-hybridized carbons (Fsp3) is 0.235.